The molecule has 0 radical (unpaired) electrons. The van der Waals surface area contributed by atoms with E-state index in [1.54, 1.807) is 24.3 Å². The average molecular weight is 322 g/mol. The summed E-state index contributed by atoms with van der Waals surface area (Å²) in [6, 6.07) is 5.13. The summed E-state index contributed by atoms with van der Waals surface area (Å²) < 4.78 is 4.72. The van der Waals surface area contributed by atoms with Gasteiger partial charge < -0.3 is 10.1 Å². The van der Waals surface area contributed by atoms with Gasteiger partial charge in [0.05, 0.1) is 23.4 Å². The second kappa shape index (κ2) is 6.97. The first-order valence-corrected chi connectivity index (χ1v) is 7.70. The minimum atomic E-state index is -0.484. The average Bonchev–Trinajstić information content (AvgIpc) is 2.48. The van der Waals surface area contributed by atoms with Crippen LogP contribution >= 0.6 is 11.6 Å². The number of anilines is 1. The van der Waals surface area contributed by atoms with Crippen molar-refractivity contribution in [2.24, 2.45) is 11.8 Å². The molecular weight excluding hydrogens is 302 g/mol. The number of esters is 1. The highest BCUT2D eigenvalue weighted by Gasteiger charge is 2.25. The number of ether oxygens (including phenoxy) is 1. The molecule has 5 heteroatoms. The summed E-state index contributed by atoms with van der Waals surface area (Å²) in [5.41, 5.74) is 1.77. The number of methoxy groups -OCH3 is 1. The molecule has 1 atom stereocenters. The monoisotopic (exact) mass is 321 g/mol. The third-order valence-electron chi connectivity index (χ3n) is 3.91. The van der Waals surface area contributed by atoms with Gasteiger partial charge in [0.2, 0.25) is 0 Å². The van der Waals surface area contributed by atoms with Crippen molar-refractivity contribution < 1.29 is 14.3 Å². The van der Waals surface area contributed by atoms with Crippen LogP contribution in [0.25, 0.3) is 0 Å². The topological polar surface area (TPSA) is 55.4 Å². The van der Waals surface area contributed by atoms with Crippen molar-refractivity contribution in [1.82, 2.24) is 0 Å². The van der Waals surface area contributed by atoms with E-state index >= 15 is 0 Å². The van der Waals surface area contributed by atoms with Crippen molar-refractivity contribution >= 4 is 29.0 Å². The zero-order valence-corrected chi connectivity index (χ0v) is 13.7. The highest BCUT2D eigenvalue weighted by molar-refractivity contribution is 6.36. The van der Waals surface area contributed by atoms with E-state index in [1.807, 2.05) is 0 Å². The van der Waals surface area contributed by atoms with Gasteiger partial charge in [0.25, 0.3) is 0 Å². The van der Waals surface area contributed by atoms with E-state index in [9.17, 15) is 9.59 Å². The molecule has 118 valence electrons. The van der Waals surface area contributed by atoms with Crippen LogP contribution in [0.1, 0.15) is 37.0 Å². The van der Waals surface area contributed by atoms with Crippen molar-refractivity contribution in [2.75, 3.05) is 12.4 Å². The molecule has 1 aliphatic rings. The fourth-order valence-electron chi connectivity index (χ4n) is 2.68. The third-order valence-corrected chi connectivity index (χ3v) is 4.31. The lowest BCUT2D eigenvalue weighted by atomic mass is 9.83. The van der Waals surface area contributed by atoms with E-state index in [0.717, 1.165) is 12.1 Å². The quantitative estimate of drug-likeness (QED) is 0.850. The van der Waals surface area contributed by atoms with Crippen LogP contribution in [-0.2, 0) is 9.53 Å². The van der Waals surface area contributed by atoms with E-state index in [0.29, 0.717) is 28.6 Å². The lowest BCUT2D eigenvalue weighted by Gasteiger charge is -2.28. The lowest BCUT2D eigenvalue weighted by molar-refractivity contribution is -0.115. The van der Waals surface area contributed by atoms with Gasteiger partial charge in [-0.1, -0.05) is 31.5 Å². The predicted molar refractivity (Wildman–Crippen MR) is 87.1 cm³/mol. The number of carbonyl (C=O) groups excluding carboxylic acids is 2. The summed E-state index contributed by atoms with van der Waals surface area (Å²) in [4.78, 5) is 23.4. The molecule has 0 amide bonds. The Morgan fingerprint density at radius 3 is 2.77 bits per heavy atom. The van der Waals surface area contributed by atoms with Gasteiger partial charge in [0, 0.05) is 24.1 Å². The van der Waals surface area contributed by atoms with E-state index < -0.39 is 5.97 Å². The van der Waals surface area contributed by atoms with Crippen molar-refractivity contribution in [3.8, 4) is 0 Å². The summed E-state index contributed by atoms with van der Waals surface area (Å²) in [7, 11) is 1.32. The first-order chi connectivity index (χ1) is 10.4. The molecule has 0 heterocycles. The first-order valence-electron chi connectivity index (χ1n) is 7.32. The van der Waals surface area contributed by atoms with Crippen LogP contribution in [-0.4, -0.2) is 18.9 Å². The lowest BCUT2D eigenvalue weighted by Crippen LogP contribution is -2.23. The summed E-state index contributed by atoms with van der Waals surface area (Å²) in [6.07, 6.45) is 3.04. The Balaban J connectivity index is 2.33. The number of ketones is 1. The van der Waals surface area contributed by atoms with Crippen molar-refractivity contribution in [1.29, 1.82) is 0 Å². The smallest absolute Gasteiger partial charge is 0.339 e. The maximum absolute atomic E-state index is 11.7. The number of halogens is 1. The van der Waals surface area contributed by atoms with Crippen molar-refractivity contribution in [3.05, 3.63) is 40.6 Å². The van der Waals surface area contributed by atoms with Crippen LogP contribution < -0.4 is 5.32 Å². The van der Waals surface area contributed by atoms with E-state index in [1.165, 1.54) is 7.11 Å². The van der Waals surface area contributed by atoms with E-state index in [-0.39, 0.29) is 11.7 Å². The second-order valence-electron chi connectivity index (χ2n) is 5.74. The summed E-state index contributed by atoms with van der Waals surface area (Å²) >= 11 is 6.29. The van der Waals surface area contributed by atoms with Gasteiger partial charge in [-0.25, -0.2) is 4.79 Å². The molecule has 0 fully saturated rings. The highest BCUT2D eigenvalue weighted by Crippen LogP contribution is 2.34. The van der Waals surface area contributed by atoms with Gasteiger partial charge >= 0.3 is 5.97 Å². The number of hydrogen-bond acceptors (Lipinski definition) is 4. The molecule has 0 aromatic heterocycles. The van der Waals surface area contributed by atoms with Crippen LogP contribution in [0.5, 0.6) is 0 Å². The van der Waals surface area contributed by atoms with E-state index in [4.69, 9.17) is 16.3 Å². The van der Waals surface area contributed by atoms with Gasteiger partial charge in [0.15, 0.2) is 5.78 Å². The number of hydrogen-bond donors (Lipinski definition) is 1. The maximum Gasteiger partial charge on any atom is 0.339 e. The van der Waals surface area contributed by atoms with Crippen molar-refractivity contribution in [2.45, 2.75) is 26.7 Å². The first kappa shape index (κ1) is 16.6. The summed E-state index contributed by atoms with van der Waals surface area (Å²) in [5.74, 6) is 0.312. The van der Waals surface area contributed by atoms with Crippen molar-refractivity contribution in [3.63, 3.8) is 0 Å². The SMILES string of the molecule is COC(=O)c1cccc(NC2=CC(=O)CCC2C(C)C)c1Cl. The van der Waals surface area contributed by atoms with Crippen LogP contribution in [0.3, 0.4) is 0 Å². The maximum atomic E-state index is 11.7. The minimum Gasteiger partial charge on any atom is -0.465 e. The van der Waals surface area contributed by atoms with Gasteiger partial charge in [-0.3, -0.25) is 4.79 Å². The Morgan fingerprint density at radius 2 is 2.14 bits per heavy atom. The minimum absolute atomic E-state index is 0.111. The number of allylic oxidation sites excluding steroid dienone is 2. The molecule has 0 spiro atoms. The molecule has 1 aromatic carbocycles. The van der Waals surface area contributed by atoms with Gasteiger partial charge in [-0.15, -0.1) is 0 Å². The molecule has 1 N–H and O–H groups in total. The van der Waals surface area contributed by atoms with Gasteiger partial charge in [0.1, 0.15) is 0 Å². The van der Waals surface area contributed by atoms with Crippen LogP contribution in [0.15, 0.2) is 30.0 Å². The zero-order valence-electron chi connectivity index (χ0n) is 13.0. The number of nitrogens with one attached hydrogen (secondary N) is 1. The molecule has 4 nitrogen and oxygen atoms in total. The summed E-state index contributed by atoms with van der Waals surface area (Å²) in [5, 5.41) is 3.53. The predicted octanol–water partition coefficient (Wildman–Crippen LogP) is 4.06. The molecule has 0 aliphatic heterocycles. The third kappa shape index (κ3) is 3.50. The molecular formula is C17H20ClNO3. The van der Waals surface area contributed by atoms with Gasteiger partial charge in [-0.05, 0) is 24.5 Å². The van der Waals surface area contributed by atoms with Crippen LogP contribution in [0.2, 0.25) is 5.02 Å². The number of benzene rings is 1. The fraction of sp³-hybridized carbons (Fsp3) is 0.412. The molecule has 2 rings (SSSR count). The van der Waals surface area contributed by atoms with Gasteiger partial charge in [-0.2, -0.15) is 0 Å². The number of rotatable bonds is 4. The Hall–Kier alpha value is -1.81. The molecule has 1 aromatic rings. The summed E-state index contributed by atoms with van der Waals surface area (Å²) in [6.45, 7) is 4.25. The molecule has 0 saturated heterocycles. The molecule has 0 saturated carbocycles. The zero-order chi connectivity index (χ0) is 16.3. The molecule has 22 heavy (non-hydrogen) atoms. The van der Waals surface area contributed by atoms with Crippen LogP contribution in [0.4, 0.5) is 5.69 Å². The molecule has 1 aliphatic carbocycles. The fourth-order valence-corrected chi connectivity index (χ4v) is 2.93. The Kier molecular flexibility index (Phi) is 5.24. The largest absolute Gasteiger partial charge is 0.465 e. The normalized spacial score (nSPS) is 18.1. The standard InChI is InChI=1S/C17H20ClNO3/c1-10(2)12-8-7-11(20)9-15(12)19-14-6-4-5-13(16(14)18)17(21)22-3/h4-6,9-10,12,19H,7-8H2,1-3H3. The second-order valence-corrected chi connectivity index (χ2v) is 6.12. The molecule has 0 bridgehead atoms. The van der Waals surface area contributed by atoms with E-state index in [2.05, 4.69) is 19.2 Å². The number of carbonyl (C=O) groups is 2. The molecule has 1 unspecified atom stereocenters. The van der Waals surface area contributed by atoms with Crippen LogP contribution in [0, 0.1) is 11.8 Å². The Bertz CT molecular complexity index is 622. The Labute approximate surface area is 135 Å². The highest BCUT2D eigenvalue weighted by atomic mass is 35.5. The Morgan fingerprint density at radius 1 is 1.41 bits per heavy atom.